The molecule has 0 aromatic heterocycles. The van der Waals surface area contributed by atoms with Gasteiger partial charge in [0.15, 0.2) is 0 Å². The summed E-state index contributed by atoms with van der Waals surface area (Å²) in [6, 6.07) is 11.7. The minimum absolute atomic E-state index is 0.742. The van der Waals surface area contributed by atoms with Crippen LogP contribution in [0.5, 0.6) is 0 Å². The Morgan fingerprint density at radius 1 is 1.15 bits per heavy atom. The molecule has 2 aromatic carbocycles. The van der Waals surface area contributed by atoms with Crippen LogP contribution in [0.2, 0.25) is 0 Å². The molecular formula is C12H9N. The average Bonchev–Trinajstić information content (AvgIpc) is 2.18. The normalized spacial score (nSPS) is 9.77. The van der Waals surface area contributed by atoms with Gasteiger partial charge in [-0.2, -0.15) is 0 Å². The second kappa shape index (κ2) is 2.84. The predicted octanol–water partition coefficient (Wildman–Crippen LogP) is 2.40. The van der Waals surface area contributed by atoms with E-state index in [0.717, 1.165) is 22.0 Å². The molecule has 0 saturated heterocycles. The maximum Gasteiger partial charge on any atom is 0.0406 e. The zero-order valence-electron chi connectivity index (χ0n) is 7.12. The summed E-state index contributed by atoms with van der Waals surface area (Å²) in [5.41, 5.74) is 7.41. The average molecular weight is 167 g/mol. The minimum Gasteiger partial charge on any atom is -0.398 e. The molecule has 0 spiro atoms. The van der Waals surface area contributed by atoms with Gasteiger partial charge >= 0.3 is 0 Å². The lowest BCUT2D eigenvalue weighted by Gasteiger charge is -2.02. The van der Waals surface area contributed by atoms with Crippen molar-refractivity contribution in [1.82, 2.24) is 0 Å². The van der Waals surface area contributed by atoms with Crippen LogP contribution in [0.4, 0.5) is 5.69 Å². The molecule has 0 radical (unpaired) electrons. The quantitative estimate of drug-likeness (QED) is 0.473. The van der Waals surface area contributed by atoms with E-state index in [-0.39, 0.29) is 0 Å². The molecule has 0 aliphatic carbocycles. The first-order valence-electron chi connectivity index (χ1n) is 4.06. The van der Waals surface area contributed by atoms with Crippen molar-refractivity contribution in [3.8, 4) is 12.3 Å². The third kappa shape index (κ3) is 1.23. The lowest BCUT2D eigenvalue weighted by atomic mass is 10.1. The molecule has 2 rings (SSSR count). The van der Waals surface area contributed by atoms with Crippen LogP contribution < -0.4 is 5.73 Å². The van der Waals surface area contributed by atoms with E-state index in [1.54, 1.807) is 0 Å². The van der Waals surface area contributed by atoms with Crippen LogP contribution in [-0.4, -0.2) is 0 Å². The highest BCUT2D eigenvalue weighted by molar-refractivity contribution is 5.94. The van der Waals surface area contributed by atoms with Gasteiger partial charge in [0.2, 0.25) is 0 Å². The molecular weight excluding hydrogens is 158 g/mol. The number of fused-ring (bicyclic) bond motifs is 1. The number of benzene rings is 2. The summed E-state index contributed by atoms with van der Waals surface area (Å²) in [7, 11) is 0. The van der Waals surface area contributed by atoms with E-state index in [9.17, 15) is 0 Å². The van der Waals surface area contributed by atoms with Crippen LogP contribution in [0.25, 0.3) is 10.8 Å². The maximum atomic E-state index is 5.84. The Labute approximate surface area is 77.2 Å². The molecule has 13 heavy (non-hydrogen) atoms. The first-order valence-corrected chi connectivity index (χ1v) is 4.06. The molecule has 0 heterocycles. The molecule has 2 aromatic rings. The van der Waals surface area contributed by atoms with Crippen LogP contribution in [0.15, 0.2) is 36.4 Å². The number of hydrogen-bond acceptors (Lipinski definition) is 1. The van der Waals surface area contributed by atoms with Gasteiger partial charge < -0.3 is 5.73 Å². The highest BCUT2D eigenvalue weighted by Crippen LogP contribution is 2.22. The van der Waals surface area contributed by atoms with Gasteiger partial charge in [-0.05, 0) is 17.5 Å². The topological polar surface area (TPSA) is 26.0 Å². The Hall–Kier alpha value is -1.94. The molecule has 0 atom stereocenters. The largest absolute Gasteiger partial charge is 0.398 e. The second-order valence-electron chi connectivity index (χ2n) is 2.93. The first-order chi connectivity index (χ1) is 6.31. The predicted molar refractivity (Wildman–Crippen MR) is 56.3 cm³/mol. The van der Waals surface area contributed by atoms with Crippen molar-refractivity contribution in [3.05, 3.63) is 42.0 Å². The number of nitrogen functional groups attached to an aromatic ring is 1. The van der Waals surface area contributed by atoms with Crippen molar-refractivity contribution in [2.45, 2.75) is 0 Å². The van der Waals surface area contributed by atoms with Crippen molar-refractivity contribution < 1.29 is 0 Å². The fourth-order valence-corrected chi connectivity index (χ4v) is 1.42. The summed E-state index contributed by atoms with van der Waals surface area (Å²) in [6.07, 6.45) is 5.30. The second-order valence-corrected chi connectivity index (χ2v) is 2.93. The fraction of sp³-hybridized carbons (Fsp3) is 0. The van der Waals surface area contributed by atoms with E-state index in [0.29, 0.717) is 0 Å². The van der Waals surface area contributed by atoms with Gasteiger partial charge in [0.1, 0.15) is 0 Å². The Balaban J connectivity index is 2.86. The van der Waals surface area contributed by atoms with E-state index >= 15 is 0 Å². The van der Waals surface area contributed by atoms with Gasteiger partial charge in [0.05, 0.1) is 0 Å². The monoisotopic (exact) mass is 167 g/mol. The Morgan fingerprint density at radius 2 is 1.92 bits per heavy atom. The molecule has 0 bridgehead atoms. The molecule has 0 aliphatic rings. The van der Waals surface area contributed by atoms with Gasteiger partial charge in [-0.15, -0.1) is 6.42 Å². The number of anilines is 1. The van der Waals surface area contributed by atoms with Crippen molar-refractivity contribution in [2.75, 3.05) is 5.73 Å². The molecule has 2 N–H and O–H groups in total. The molecule has 0 saturated carbocycles. The minimum atomic E-state index is 0.742. The van der Waals surface area contributed by atoms with E-state index < -0.39 is 0 Å². The van der Waals surface area contributed by atoms with Crippen molar-refractivity contribution in [1.29, 1.82) is 0 Å². The van der Waals surface area contributed by atoms with Crippen molar-refractivity contribution >= 4 is 16.5 Å². The zero-order chi connectivity index (χ0) is 9.26. The first kappa shape index (κ1) is 7.70. The Kier molecular flexibility index (Phi) is 1.68. The third-order valence-electron chi connectivity index (χ3n) is 2.06. The Bertz CT molecular complexity index is 492. The zero-order valence-corrected chi connectivity index (χ0v) is 7.12. The standard InChI is InChI=1S/C12H9N/c1-2-9-7-10-5-3-4-6-11(10)12(13)8-9/h1,3-8H,13H2. The highest BCUT2D eigenvalue weighted by Gasteiger charge is 1.98. The van der Waals surface area contributed by atoms with E-state index in [2.05, 4.69) is 5.92 Å². The smallest absolute Gasteiger partial charge is 0.0406 e. The SMILES string of the molecule is C#Cc1cc(N)c2ccccc2c1. The molecule has 1 nitrogen and oxygen atoms in total. The summed E-state index contributed by atoms with van der Waals surface area (Å²) in [5, 5.41) is 2.15. The number of hydrogen-bond donors (Lipinski definition) is 1. The van der Waals surface area contributed by atoms with Gasteiger partial charge in [0, 0.05) is 16.6 Å². The molecule has 0 fully saturated rings. The Morgan fingerprint density at radius 3 is 2.69 bits per heavy atom. The van der Waals surface area contributed by atoms with Crippen LogP contribution in [-0.2, 0) is 0 Å². The molecule has 0 amide bonds. The van der Waals surface area contributed by atoms with Crippen molar-refractivity contribution in [2.24, 2.45) is 0 Å². The number of rotatable bonds is 0. The van der Waals surface area contributed by atoms with Crippen molar-refractivity contribution in [3.63, 3.8) is 0 Å². The summed E-state index contributed by atoms with van der Waals surface area (Å²) < 4.78 is 0. The van der Waals surface area contributed by atoms with Crippen LogP contribution in [0.3, 0.4) is 0 Å². The van der Waals surface area contributed by atoms with Crippen LogP contribution in [0.1, 0.15) is 5.56 Å². The summed E-state index contributed by atoms with van der Waals surface area (Å²) in [6.45, 7) is 0. The highest BCUT2D eigenvalue weighted by atomic mass is 14.5. The summed E-state index contributed by atoms with van der Waals surface area (Å²) in [5.74, 6) is 2.58. The molecule has 0 unspecified atom stereocenters. The molecule has 0 aliphatic heterocycles. The lowest BCUT2D eigenvalue weighted by molar-refractivity contribution is 1.68. The van der Waals surface area contributed by atoms with Gasteiger partial charge in [-0.3, -0.25) is 0 Å². The number of terminal acetylenes is 1. The van der Waals surface area contributed by atoms with Gasteiger partial charge in [-0.1, -0.05) is 30.2 Å². The lowest BCUT2D eigenvalue weighted by Crippen LogP contribution is -1.88. The van der Waals surface area contributed by atoms with Gasteiger partial charge in [0.25, 0.3) is 0 Å². The van der Waals surface area contributed by atoms with E-state index in [1.165, 1.54) is 0 Å². The van der Waals surface area contributed by atoms with E-state index in [1.807, 2.05) is 36.4 Å². The van der Waals surface area contributed by atoms with Gasteiger partial charge in [-0.25, -0.2) is 0 Å². The maximum absolute atomic E-state index is 5.84. The number of nitrogens with two attached hydrogens (primary N) is 1. The van der Waals surface area contributed by atoms with Crippen LogP contribution in [0, 0.1) is 12.3 Å². The third-order valence-corrected chi connectivity index (χ3v) is 2.06. The van der Waals surface area contributed by atoms with Crippen LogP contribution >= 0.6 is 0 Å². The molecule has 1 heteroatoms. The van der Waals surface area contributed by atoms with E-state index in [4.69, 9.17) is 12.2 Å². The molecule has 62 valence electrons. The summed E-state index contributed by atoms with van der Waals surface area (Å²) >= 11 is 0. The fourth-order valence-electron chi connectivity index (χ4n) is 1.42. The summed E-state index contributed by atoms with van der Waals surface area (Å²) in [4.78, 5) is 0.